The maximum absolute atomic E-state index is 2.68. The predicted octanol–water partition coefficient (Wildman–Crippen LogP) is 3.86. The Morgan fingerprint density at radius 1 is 0.650 bits per heavy atom. The van der Waals surface area contributed by atoms with Crippen molar-refractivity contribution in [2.45, 2.75) is 72.9 Å². The largest absolute Gasteiger partial charge is 0.368 e. The van der Waals surface area contributed by atoms with Gasteiger partial charge in [-0.2, -0.15) is 0 Å². The van der Waals surface area contributed by atoms with Crippen molar-refractivity contribution in [3.63, 3.8) is 0 Å². The van der Waals surface area contributed by atoms with Gasteiger partial charge in [0.1, 0.15) is 12.8 Å². The molecule has 1 spiro atoms. The van der Waals surface area contributed by atoms with Crippen molar-refractivity contribution in [2.24, 2.45) is 0 Å². The monoisotopic (exact) mass is 272 g/mol. The molecular weight excluding hydrogens is 244 g/mol. The van der Waals surface area contributed by atoms with Gasteiger partial charge in [0.2, 0.25) is 0 Å². The van der Waals surface area contributed by atoms with Crippen molar-refractivity contribution in [1.29, 1.82) is 0 Å². The summed E-state index contributed by atoms with van der Waals surface area (Å²) in [6.45, 7) is 15.0. The lowest BCUT2D eigenvalue weighted by Crippen LogP contribution is -2.67. The average molecular weight is 272 g/mol. The third-order valence-corrected chi connectivity index (χ3v) is 5.80. The van der Waals surface area contributed by atoms with Crippen molar-refractivity contribution in [2.75, 3.05) is 6.67 Å². The Labute approximate surface area is 123 Å². The van der Waals surface area contributed by atoms with E-state index in [0.717, 1.165) is 19.5 Å². The molecule has 0 aliphatic carbocycles. The van der Waals surface area contributed by atoms with Crippen LogP contribution in [0.5, 0.6) is 0 Å². The van der Waals surface area contributed by atoms with Gasteiger partial charge in [0.25, 0.3) is 0 Å². The van der Waals surface area contributed by atoms with E-state index in [9.17, 15) is 0 Å². The molecule has 108 valence electrons. The number of nitrogens with zero attached hydrogens (tertiary/aromatic N) is 2. The molecule has 3 rings (SSSR count). The zero-order valence-electron chi connectivity index (χ0n) is 13.9. The first-order valence-electron chi connectivity index (χ1n) is 7.86. The minimum atomic E-state index is 0.206. The number of hydrogen-bond donors (Lipinski definition) is 0. The Morgan fingerprint density at radius 2 is 1.05 bits per heavy atom. The lowest BCUT2D eigenvalue weighted by molar-refractivity contribution is -1.00. The molecule has 1 fully saturated rings. The molecule has 0 amide bonds. The highest BCUT2D eigenvalue weighted by Crippen LogP contribution is 2.41. The van der Waals surface area contributed by atoms with Crippen LogP contribution in [0.2, 0.25) is 0 Å². The molecule has 0 bridgehead atoms. The minimum absolute atomic E-state index is 0.206. The van der Waals surface area contributed by atoms with Crippen molar-refractivity contribution < 1.29 is 9.15 Å². The molecule has 2 heteroatoms. The standard InChI is InChI=1S/C18H28N2/c1-12-7-16(5)19-11-20-17(6)8-13(2)15(4)10-18(19,20)9-14(12)3/h7-11H2,1-6H3/q+2. The van der Waals surface area contributed by atoms with Gasteiger partial charge >= 0.3 is 12.3 Å². The fourth-order valence-electron chi connectivity index (χ4n) is 4.28. The van der Waals surface area contributed by atoms with Gasteiger partial charge in [0.05, 0.1) is 0 Å². The number of hydrogen-bond acceptors (Lipinski definition) is 0. The predicted molar refractivity (Wildman–Crippen MR) is 84.7 cm³/mol. The number of rotatable bonds is 0. The van der Waals surface area contributed by atoms with E-state index >= 15 is 0 Å². The second-order valence-electron chi connectivity index (χ2n) is 7.28. The van der Waals surface area contributed by atoms with Crippen LogP contribution in [0.1, 0.15) is 67.2 Å². The third-order valence-electron chi connectivity index (χ3n) is 5.80. The zero-order chi connectivity index (χ0) is 14.7. The van der Waals surface area contributed by atoms with Gasteiger partial charge in [0.15, 0.2) is 11.4 Å². The number of allylic oxidation sites excluding steroid dienone is 2. The maximum atomic E-state index is 2.68. The van der Waals surface area contributed by atoms with Crippen molar-refractivity contribution in [3.8, 4) is 0 Å². The van der Waals surface area contributed by atoms with E-state index in [1.165, 1.54) is 12.8 Å². The van der Waals surface area contributed by atoms with Crippen LogP contribution in [0.15, 0.2) is 22.3 Å². The van der Waals surface area contributed by atoms with Gasteiger partial charge in [-0.3, -0.25) is 0 Å². The summed E-state index contributed by atoms with van der Waals surface area (Å²) in [5.41, 5.74) is 9.65. The normalized spacial score (nSPS) is 26.1. The highest BCUT2D eigenvalue weighted by molar-refractivity contribution is 5.82. The van der Waals surface area contributed by atoms with Crippen molar-refractivity contribution in [3.05, 3.63) is 22.3 Å². The molecule has 0 aromatic heterocycles. The summed E-state index contributed by atoms with van der Waals surface area (Å²) in [7, 11) is 0. The lowest BCUT2D eigenvalue weighted by Gasteiger charge is -2.35. The fourth-order valence-corrected chi connectivity index (χ4v) is 4.28. The Hall–Kier alpha value is -1.18. The Balaban J connectivity index is 2.19. The van der Waals surface area contributed by atoms with Gasteiger partial charge in [0, 0.05) is 26.7 Å². The van der Waals surface area contributed by atoms with Gasteiger partial charge < -0.3 is 0 Å². The Morgan fingerprint density at radius 3 is 1.45 bits per heavy atom. The van der Waals surface area contributed by atoms with E-state index in [1.807, 2.05) is 0 Å². The van der Waals surface area contributed by atoms with Crippen LogP contribution >= 0.6 is 0 Å². The molecule has 0 aromatic rings. The molecule has 0 saturated carbocycles. The molecule has 0 aromatic carbocycles. The second kappa shape index (κ2) is 4.41. The van der Waals surface area contributed by atoms with E-state index in [0.29, 0.717) is 0 Å². The molecule has 0 unspecified atom stereocenters. The summed E-state index contributed by atoms with van der Waals surface area (Å²) >= 11 is 0. The molecule has 0 N–H and O–H groups in total. The molecule has 3 aliphatic heterocycles. The molecule has 3 heterocycles. The minimum Gasteiger partial charge on any atom is -0.114 e. The highest BCUT2D eigenvalue weighted by Gasteiger charge is 2.65. The lowest BCUT2D eigenvalue weighted by atomic mass is 9.88. The van der Waals surface area contributed by atoms with Crippen LogP contribution in [0.4, 0.5) is 0 Å². The van der Waals surface area contributed by atoms with E-state index < -0.39 is 0 Å². The summed E-state index contributed by atoms with van der Waals surface area (Å²) in [4.78, 5) is 0. The average Bonchev–Trinajstić information content (AvgIpc) is 2.43. The van der Waals surface area contributed by atoms with Crippen molar-refractivity contribution in [1.82, 2.24) is 0 Å². The summed E-state index contributed by atoms with van der Waals surface area (Å²) in [5, 5.41) is 0. The SMILES string of the molecule is CC1=C(C)CC23CC(C)=C(C)CC(C)=[N+]2C[N+]3=C(C)C1. The quantitative estimate of drug-likeness (QED) is 0.466. The van der Waals surface area contributed by atoms with Crippen LogP contribution in [0.25, 0.3) is 0 Å². The van der Waals surface area contributed by atoms with Gasteiger partial charge in [-0.1, -0.05) is 22.3 Å². The molecule has 2 nitrogen and oxygen atoms in total. The van der Waals surface area contributed by atoms with E-state index in [2.05, 4.69) is 50.7 Å². The third kappa shape index (κ3) is 1.77. The summed E-state index contributed by atoms with van der Waals surface area (Å²) in [5.74, 6) is 0. The second-order valence-corrected chi connectivity index (χ2v) is 7.28. The fraction of sp³-hybridized carbons (Fsp3) is 0.667. The van der Waals surface area contributed by atoms with Crippen LogP contribution < -0.4 is 0 Å². The van der Waals surface area contributed by atoms with Crippen LogP contribution in [0.3, 0.4) is 0 Å². The van der Waals surface area contributed by atoms with Gasteiger partial charge in [-0.05, 0) is 27.7 Å². The molecule has 3 aliphatic rings. The summed E-state index contributed by atoms with van der Waals surface area (Å²) in [6.07, 6.45) is 4.70. The summed E-state index contributed by atoms with van der Waals surface area (Å²) in [6, 6.07) is 0. The first-order chi connectivity index (χ1) is 9.35. The zero-order valence-corrected chi connectivity index (χ0v) is 13.9. The molecule has 1 saturated heterocycles. The Bertz CT molecular complexity index is 557. The summed E-state index contributed by atoms with van der Waals surface area (Å²) < 4.78 is 5.36. The molecule has 20 heavy (non-hydrogen) atoms. The van der Waals surface area contributed by atoms with Gasteiger partial charge in [-0.25, -0.2) is 0 Å². The molecular formula is C18H28N2+2. The van der Waals surface area contributed by atoms with Crippen LogP contribution in [0, 0.1) is 0 Å². The molecule has 0 atom stereocenters. The van der Waals surface area contributed by atoms with E-state index in [-0.39, 0.29) is 5.66 Å². The van der Waals surface area contributed by atoms with Crippen molar-refractivity contribution >= 4 is 11.4 Å². The smallest absolute Gasteiger partial charge is 0.114 e. The first-order valence-corrected chi connectivity index (χ1v) is 7.86. The highest BCUT2D eigenvalue weighted by atomic mass is 15.5. The van der Waals surface area contributed by atoms with Crippen LogP contribution in [-0.4, -0.2) is 32.9 Å². The topological polar surface area (TPSA) is 6.02 Å². The van der Waals surface area contributed by atoms with Gasteiger partial charge in [-0.15, -0.1) is 9.15 Å². The maximum Gasteiger partial charge on any atom is 0.368 e. The van der Waals surface area contributed by atoms with E-state index in [4.69, 9.17) is 0 Å². The first kappa shape index (κ1) is 13.8. The Kier molecular flexibility index (Phi) is 3.04. The van der Waals surface area contributed by atoms with Crippen LogP contribution in [-0.2, 0) is 0 Å². The molecule has 0 radical (unpaired) electrons. The van der Waals surface area contributed by atoms with E-state index in [1.54, 1.807) is 33.7 Å².